The van der Waals surface area contributed by atoms with Gasteiger partial charge in [0, 0.05) is 32.1 Å². The van der Waals surface area contributed by atoms with E-state index >= 15 is 0 Å². The largest absolute Gasteiger partial charge is 0.508 e. The van der Waals surface area contributed by atoms with Crippen LogP contribution in [0.4, 0.5) is 9.59 Å². The monoisotopic (exact) mass is 738 g/mol. The van der Waals surface area contributed by atoms with Crippen molar-refractivity contribution >= 4 is 38.6 Å². The summed E-state index contributed by atoms with van der Waals surface area (Å²) in [6, 6.07) is 9.00. The third-order valence-electron chi connectivity index (χ3n) is 9.06. The number of urea groups is 1. The van der Waals surface area contributed by atoms with Crippen molar-refractivity contribution < 1.29 is 37.7 Å². The van der Waals surface area contributed by atoms with Crippen molar-refractivity contribution in [2.24, 2.45) is 5.92 Å². The lowest BCUT2D eigenvalue weighted by Gasteiger charge is -2.26. The Labute approximate surface area is 307 Å². The minimum atomic E-state index is -3.49. The van der Waals surface area contributed by atoms with Crippen molar-refractivity contribution in [1.29, 1.82) is 0 Å². The quantitative estimate of drug-likeness (QED) is 0.0258. The molecule has 0 bridgehead atoms. The van der Waals surface area contributed by atoms with Crippen LogP contribution < -0.4 is 10.6 Å². The Morgan fingerprint density at radius 1 is 0.880 bits per heavy atom. The van der Waals surface area contributed by atoms with Crippen LogP contribution in [0.15, 0.2) is 42.5 Å². The van der Waals surface area contributed by atoms with Crippen LogP contribution >= 0.6 is 6.72 Å². The standard InChI is InChI=1S/C37H64BN2O8PS/c1-3-4-5-6-7-8-9-10-11-12-13-16-22-27-39-36(41)40-28-23-17-14-15-21-26-32-34(48-49(43,50)44-2)33(47-35(32)38)30-46-37(42)45-29-31-24-19-18-20-25-31/h15,18-21,24-25,32-35H,3-14,16-17,22-23,26-30,38H2,1-2H3,(H,43,50)(H2,39,40,41)/b21-15+/t32-,33+,34?,35+,49?/m0/s1. The summed E-state index contributed by atoms with van der Waals surface area (Å²) in [7, 11) is 3.23. The Morgan fingerprint density at radius 2 is 1.46 bits per heavy atom. The van der Waals surface area contributed by atoms with E-state index in [1.54, 1.807) is 0 Å². The number of ether oxygens (including phenoxy) is 3. The molecule has 1 aromatic rings. The van der Waals surface area contributed by atoms with E-state index in [0.29, 0.717) is 13.0 Å². The molecule has 0 spiro atoms. The van der Waals surface area contributed by atoms with Gasteiger partial charge in [-0.25, -0.2) is 9.59 Å². The molecular formula is C37H64BN2O8PS. The highest BCUT2D eigenvalue weighted by atomic mass is 32.5. The first-order valence-electron chi connectivity index (χ1n) is 19.0. The molecule has 5 atom stereocenters. The van der Waals surface area contributed by atoms with E-state index in [2.05, 4.69) is 29.7 Å². The molecule has 2 amide bonds. The molecule has 0 aromatic heterocycles. The smallest absolute Gasteiger partial charge is 0.431 e. The van der Waals surface area contributed by atoms with Crippen LogP contribution in [0.2, 0.25) is 0 Å². The Morgan fingerprint density at radius 3 is 2.06 bits per heavy atom. The van der Waals surface area contributed by atoms with Crippen molar-refractivity contribution in [3.8, 4) is 0 Å². The minimum Gasteiger partial charge on any atom is -0.431 e. The van der Waals surface area contributed by atoms with Crippen molar-refractivity contribution in [2.45, 2.75) is 141 Å². The average molecular weight is 739 g/mol. The van der Waals surface area contributed by atoms with Crippen molar-refractivity contribution in [3.05, 3.63) is 48.0 Å². The molecule has 1 saturated heterocycles. The van der Waals surface area contributed by atoms with Crippen LogP contribution in [0.25, 0.3) is 0 Å². The van der Waals surface area contributed by atoms with E-state index in [9.17, 15) is 14.5 Å². The van der Waals surface area contributed by atoms with Gasteiger partial charge in [0.2, 0.25) is 0 Å². The van der Waals surface area contributed by atoms with Crippen molar-refractivity contribution in [1.82, 2.24) is 10.6 Å². The second-order valence-corrected chi connectivity index (χ2v) is 16.1. The fourth-order valence-corrected chi connectivity index (χ4v) is 7.06. The van der Waals surface area contributed by atoms with Crippen LogP contribution in [-0.2, 0) is 41.7 Å². The zero-order chi connectivity index (χ0) is 36.3. The van der Waals surface area contributed by atoms with Crippen LogP contribution in [0.5, 0.6) is 0 Å². The van der Waals surface area contributed by atoms with Gasteiger partial charge in [-0.2, -0.15) is 0 Å². The van der Waals surface area contributed by atoms with Crippen molar-refractivity contribution in [2.75, 3.05) is 26.8 Å². The predicted octanol–water partition coefficient (Wildman–Crippen LogP) is 8.07. The van der Waals surface area contributed by atoms with Gasteiger partial charge < -0.3 is 38.8 Å². The average Bonchev–Trinajstić information content (AvgIpc) is 3.40. The zero-order valence-electron chi connectivity index (χ0n) is 30.9. The number of rotatable bonds is 28. The Kier molecular flexibility index (Phi) is 24.5. The molecule has 0 aliphatic carbocycles. The Bertz CT molecular complexity index is 1120. The molecule has 2 unspecified atom stereocenters. The number of hydrogen-bond donors (Lipinski definition) is 3. The maximum absolute atomic E-state index is 12.2. The maximum atomic E-state index is 12.2. The highest BCUT2D eigenvalue weighted by molar-refractivity contribution is 8.07. The highest BCUT2D eigenvalue weighted by Crippen LogP contribution is 2.48. The first-order valence-corrected chi connectivity index (χ1v) is 21.6. The van der Waals surface area contributed by atoms with Gasteiger partial charge >= 0.3 is 18.9 Å². The lowest BCUT2D eigenvalue weighted by atomic mass is 9.82. The van der Waals surface area contributed by atoms with E-state index in [1.807, 2.05) is 38.2 Å². The number of amides is 2. The molecule has 13 heteroatoms. The van der Waals surface area contributed by atoms with Crippen LogP contribution in [-0.4, -0.2) is 69.9 Å². The SMILES string of the molecule is B[C@@H]1O[C@H](COC(=O)OCc2ccccc2)C(OP(O)(=S)OC)[C@@H]1C/C=C/CCCCNC(=O)NCCCCCCCCCCCCCCC. The zero-order valence-corrected chi connectivity index (χ0v) is 32.6. The summed E-state index contributed by atoms with van der Waals surface area (Å²) in [6.07, 6.45) is 22.5. The summed E-state index contributed by atoms with van der Waals surface area (Å²) in [5.74, 6) is -0.134. The number of nitrogens with one attached hydrogen (secondary N) is 2. The molecule has 1 aliphatic heterocycles. The Balaban J connectivity index is 1.55. The fraction of sp³-hybridized carbons (Fsp3) is 0.730. The maximum Gasteiger partial charge on any atom is 0.508 e. The summed E-state index contributed by atoms with van der Waals surface area (Å²) in [5.41, 5.74) is 0.849. The van der Waals surface area contributed by atoms with Crippen LogP contribution in [0.1, 0.15) is 122 Å². The first-order chi connectivity index (χ1) is 24.3. The molecule has 3 N–H and O–H groups in total. The molecule has 1 heterocycles. The van der Waals surface area contributed by atoms with Gasteiger partial charge in [-0.15, -0.1) is 0 Å². The summed E-state index contributed by atoms with van der Waals surface area (Å²) < 4.78 is 27.5. The summed E-state index contributed by atoms with van der Waals surface area (Å²) >= 11 is 5.12. The molecule has 0 radical (unpaired) electrons. The molecule has 0 saturated carbocycles. The minimum absolute atomic E-state index is 0.0932. The molecule has 284 valence electrons. The highest BCUT2D eigenvalue weighted by Gasteiger charge is 2.45. The second kappa shape index (κ2) is 27.7. The van der Waals surface area contributed by atoms with Gasteiger partial charge in [0.15, 0.2) is 0 Å². The number of carbonyl (C=O) groups is 2. The summed E-state index contributed by atoms with van der Waals surface area (Å²) in [6.45, 7) is 0.115. The number of hydrogen-bond acceptors (Lipinski definition) is 8. The normalized spacial score (nSPS) is 20.1. The summed E-state index contributed by atoms with van der Waals surface area (Å²) in [4.78, 5) is 34.7. The number of allylic oxidation sites excluding steroid dienone is 2. The number of benzene rings is 1. The van der Waals surface area contributed by atoms with Crippen LogP contribution in [0.3, 0.4) is 0 Å². The predicted molar refractivity (Wildman–Crippen MR) is 206 cm³/mol. The molecular weight excluding hydrogens is 674 g/mol. The van der Waals surface area contributed by atoms with E-state index < -0.39 is 25.1 Å². The number of unbranched alkanes of at least 4 members (excludes halogenated alkanes) is 14. The second-order valence-electron chi connectivity index (χ2n) is 13.2. The molecule has 1 aromatic carbocycles. The van der Waals surface area contributed by atoms with Gasteiger partial charge in [-0.3, -0.25) is 0 Å². The molecule has 1 aliphatic rings. The van der Waals surface area contributed by atoms with E-state index in [0.717, 1.165) is 37.8 Å². The lowest BCUT2D eigenvalue weighted by molar-refractivity contribution is -0.0272. The topological polar surface area (TPSA) is 125 Å². The lowest BCUT2D eigenvalue weighted by Crippen LogP contribution is -2.36. The van der Waals surface area contributed by atoms with Gasteiger partial charge in [-0.1, -0.05) is 126 Å². The fourth-order valence-electron chi connectivity index (χ4n) is 6.08. The summed E-state index contributed by atoms with van der Waals surface area (Å²) in [5, 5.41) is 5.92. The van der Waals surface area contributed by atoms with E-state index in [4.69, 9.17) is 35.1 Å². The van der Waals surface area contributed by atoms with Crippen molar-refractivity contribution in [3.63, 3.8) is 0 Å². The van der Waals surface area contributed by atoms with Crippen LogP contribution in [0, 0.1) is 5.92 Å². The third-order valence-corrected chi connectivity index (χ3v) is 10.7. The van der Waals surface area contributed by atoms with Gasteiger partial charge in [0.25, 0.3) is 0 Å². The molecule has 2 rings (SSSR count). The molecule has 10 nitrogen and oxygen atoms in total. The molecule has 50 heavy (non-hydrogen) atoms. The first kappa shape index (κ1) is 44.2. The van der Waals surface area contributed by atoms with E-state index in [1.165, 1.54) is 84.2 Å². The van der Waals surface area contributed by atoms with Gasteiger partial charge in [-0.05, 0) is 49.5 Å². The molecule has 1 fully saturated rings. The number of carbonyl (C=O) groups excluding carboxylic acids is 2. The third kappa shape index (κ3) is 20.8. The van der Waals surface area contributed by atoms with E-state index in [-0.39, 0.29) is 31.2 Å². The Hall–Kier alpha value is -1.95. The van der Waals surface area contributed by atoms with Gasteiger partial charge in [0.1, 0.15) is 33.3 Å². The van der Waals surface area contributed by atoms with Gasteiger partial charge in [0.05, 0.1) is 0 Å².